The molecule has 3 rings (SSSR count). The lowest BCUT2D eigenvalue weighted by atomic mass is 9.89. The first-order valence-corrected chi connectivity index (χ1v) is 6.15. The number of hydrogen-bond acceptors (Lipinski definition) is 2. The Hall–Kier alpha value is 0.650. The van der Waals surface area contributed by atoms with Crippen LogP contribution in [0.1, 0.15) is 32.1 Å². The van der Waals surface area contributed by atoms with Crippen LogP contribution in [-0.4, -0.2) is 30.1 Å². The average molecular weight is 293 g/mol. The van der Waals surface area contributed by atoms with Crippen molar-refractivity contribution in [1.29, 1.82) is 0 Å². The molecule has 3 aliphatic rings. The van der Waals surface area contributed by atoms with E-state index in [1.807, 2.05) is 0 Å². The van der Waals surface area contributed by atoms with Crippen molar-refractivity contribution >= 4 is 23.0 Å². The molecule has 0 bridgehead atoms. The lowest BCUT2D eigenvalue weighted by Gasteiger charge is -2.30. The van der Waals surface area contributed by atoms with E-state index < -0.39 is 0 Å². The third-order valence-corrected chi connectivity index (χ3v) is 4.56. The van der Waals surface area contributed by atoms with Gasteiger partial charge in [0.1, 0.15) is 23.0 Å². The largest absolute Gasteiger partial charge is 0.314 e. The van der Waals surface area contributed by atoms with Gasteiger partial charge in [-0.05, 0) is 44.1 Å². The number of halogens is 1. The molecule has 0 aromatic heterocycles. The molecule has 2 saturated heterocycles. The fourth-order valence-corrected chi connectivity index (χ4v) is 4.01. The van der Waals surface area contributed by atoms with Crippen molar-refractivity contribution < 1.29 is 3.07 Å². The molecule has 2 aliphatic heterocycles. The highest BCUT2D eigenvalue weighted by Gasteiger charge is 2.59. The minimum atomic E-state index is 0.456. The summed E-state index contributed by atoms with van der Waals surface area (Å²) in [6.07, 6.45) is 7.13. The molecule has 2 nitrogen and oxygen atoms in total. The van der Waals surface area contributed by atoms with E-state index >= 15 is 0 Å². The van der Waals surface area contributed by atoms with Crippen molar-refractivity contribution in [3.8, 4) is 0 Å². The Morgan fingerprint density at radius 2 is 2.15 bits per heavy atom. The van der Waals surface area contributed by atoms with Crippen LogP contribution in [-0.2, 0) is 3.07 Å². The molecule has 0 radical (unpaired) electrons. The van der Waals surface area contributed by atoms with Crippen LogP contribution in [0.4, 0.5) is 0 Å². The number of fused-ring (bicyclic) bond motifs is 1. The van der Waals surface area contributed by atoms with E-state index in [9.17, 15) is 0 Å². The molecule has 1 atom stereocenters. The third-order valence-electron chi connectivity index (χ3n) is 4.25. The number of rotatable bonds is 2. The molecule has 13 heavy (non-hydrogen) atoms. The number of nitrogens with zero attached hydrogens (tertiary/aromatic N) is 1. The van der Waals surface area contributed by atoms with Crippen LogP contribution in [0.2, 0.25) is 0 Å². The first-order valence-electron chi connectivity index (χ1n) is 5.27. The minimum absolute atomic E-state index is 0.456. The average Bonchev–Trinajstić information content (AvgIpc) is 2.60. The van der Waals surface area contributed by atoms with Gasteiger partial charge in [-0.15, -0.1) is 0 Å². The first kappa shape index (κ1) is 8.92. The van der Waals surface area contributed by atoms with Gasteiger partial charge in [0.15, 0.2) is 0 Å². The van der Waals surface area contributed by atoms with Crippen molar-refractivity contribution in [3.05, 3.63) is 0 Å². The summed E-state index contributed by atoms with van der Waals surface area (Å²) in [6, 6.07) is 0. The molecule has 1 unspecified atom stereocenters. The summed E-state index contributed by atoms with van der Waals surface area (Å²) in [5.74, 6) is 0. The molecule has 0 aromatic carbocycles. The fourth-order valence-electron chi connectivity index (χ4n) is 3.43. The smallest absolute Gasteiger partial charge is 0.109 e. The Morgan fingerprint density at radius 1 is 1.31 bits per heavy atom. The van der Waals surface area contributed by atoms with Crippen LogP contribution >= 0.6 is 23.0 Å². The summed E-state index contributed by atoms with van der Waals surface area (Å²) in [5.41, 5.74) is 1.20. The van der Waals surface area contributed by atoms with Gasteiger partial charge in [0.25, 0.3) is 0 Å². The van der Waals surface area contributed by atoms with Crippen LogP contribution < -0.4 is 0 Å². The molecule has 1 spiro atoms. The van der Waals surface area contributed by atoms with Crippen LogP contribution in [0.15, 0.2) is 0 Å². The Labute approximate surface area is 93.7 Å². The van der Waals surface area contributed by atoms with Gasteiger partial charge in [-0.2, -0.15) is 0 Å². The van der Waals surface area contributed by atoms with Gasteiger partial charge in [0.2, 0.25) is 0 Å². The summed E-state index contributed by atoms with van der Waals surface area (Å²) < 4.78 is 5.38. The molecule has 0 aromatic rings. The van der Waals surface area contributed by atoms with E-state index in [0.29, 0.717) is 5.54 Å². The predicted octanol–water partition coefficient (Wildman–Crippen LogP) is 2.37. The minimum Gasteiger partial charge on any atom is -0.314 e. The topological polar surface area (TPSA) is 12.5 Å². The molecule has 0 N–H and O–H groups in total. The molecule has 74 valence electrons. The highest BCUT2D eigenvalue weighted by atomic mass is 127. The Bertz CT molecular complexity index is 229. The van der Waals surface area contributed by atoms with Crippen LogP contribution in [0.3, 0.4) is 0 Å². The van der Waals surface area contributed by atoms with Crippen molar-refractivity contribution in [3.63, 3.8) is 0 Å². The van der Waals surface area contributed by atoms with Crippen LogP contribution in [0, 0.1) is 5.41 Å². The van der Waals surface area contributed by atoms with Crippen LogP contribution in [0.5, 0.6) is 0 Å². The Balaban J connectivity index is 1.82. The molecule has 3 heteroatoms. The summed E-state index contributed by atoms with van der Waals surface area (Å²) in [5, 5.41) is 0. The van der Waals surface area contributed by atoms with Crippen molar-refractivity contribution in [2.45, 2.75) is 37.6 Å². The molecular formula is C10H16INO. The second-order valence-corrected chi connectivity index (χ2v) is 5.80. The SMILES string of the molecule is IOCC12CCCN1CC1(CC1)C2. The second-order valence-electron chi connectivity index (χ2n) is 5.18. The van der Waals surface area contributed by atoms with Gasteiger partial charge in [-0.3, -0.25) is 4.90 Å². The zero-order valence-electron chi connectivity index (χ0n) is 7.89. The lowest BCUT2D eigenvalue weighted by molar-refractivity contribution is 0.139. The molecule has 1 saturated carbocycles. The Morgan fingerprint density at radius 3 is 2.85 bits per heavy atom. The van der Waals surface area contributed by atoms with Gasteiger partial charge in [-0.1, -0.05) is 0 Å². The highest BCUT2D eigenvalue weighted by Crippen LogP contribution is 2.60. The maximum Gasteiger partial charge on any atom is 0.109 e. The van der Waals surface area contributed by atoms with Gasteiger partial charge in [0, 0.05) is 12.1 Å². The van der Waals surface area contributed by atoms with E-state index in [-0.39, 0.29) is 0 Å². The maximum atomic E-state index is 5.38. The van der Waals surface area contributed by atoms with E-state index in [2.05, 4.69) is 27.9 Å². The third kappa shape index (κ3) is 1.27. The van der Waals surface area contributed by atoms with Gasteiger partial charge >= 0.3 is 0 Å². The van der Waals surface area contributed by atoms with Gasteiger partial charge in [0.05, 0.1) is 6.61 Å². The van der Waals surface area contributed by atoms with Crippen molar-refractivity contribution in [1.82, 2.24) is 4.90 Å². The van der Waals surface area contributed by atoms with E-state index in [4.69, 9.17) is 3.07 Å². The zero-order chi connectivity index (χ0) is 8.94. The lowest BCUT2D eigenvalue weighted by Crippen LogP contribution is -2.41. The molecule has 0 amide bonds. The highest BCUT2D eigenvalue weighted by molar-refractivity contribution is 14.1. The second kappa shape index (κ2) is 2.83. The van der Waals surface area contributed by atoms with Gasteiger partial charge < -0.3 is 3.07 Å². The Kier molecular flexibility index (Phi) is 1.94. The monoisotopic (exact) mass is 293 g/mol. The molecule has 2 heterocycles. The summed E-state index contributed by atoms with van der Waals surface area (Å²) in [6.45, 7) is 3.64. The summed E-state index contributed by atoms with van der Waals surface area (Å²) in [4.78, 5) is 2.71. The van der Waals surface area contributed by atoms with Crippen molar-refractivity contribution in [2.24, 2.45) is 5.41 Å². The van der Waals surface area contributed by atoms with E-state index in [0.717, 1.165) is 12.0 Å². The summed E-state index contributed by atoms with van der Waals surface area (Å²) >= 11 is 2.05. The molecule has 3 fully saturated rings. The van der Waals surface area contributed by atoms with Gasteiger partial charge in [-0.25, -0.2) is 0 Å². The van der Waals surface area contributed by atoms with Crippen LogP contribution in [0.25, 0.3) is 0 Å². The van der Waals surface area contributed by atoms with Crippen molar-refractivity contribution in [2.75, 3.05) is 19.7 Å². The fraction of sp³-hybridized carbons (Fsp3) is 1.00. The predicted molar refractivity (Wildman–Crippen MR) is 59.8 cm³/mol. The zero-order valence-corrected chi connectivity index (χ0v) is 10.0. The molecular weight excluding hydrogens is 277 g/mol. The number of hydrogen-bond donors (Lipinski definition) is 0. The van der Waals surface area contributed by atoms with E-state index in [1.54, 1.807) is 0 Å². The summed E-state index contributed by atoms with van der Waals surface area (Å²) in [7, 11) is 0. The van der Waals surface area contributed by atoms with E-state index in [1.165, 1.54) is 45.2 Å². The normalized spacial score (nSPS) is 41.3. The molecule has 1 aliphatic carbocycles. The standard InChI is InChI=1S/C10H16INO/c11-13-8-10-2-1-5-12(10)7-9(6-10)3-4-9/h1-8H2. The maximum absolute atomic E-state index is 5.38. The first-order chi connectivity index (χ1) is 6.29. The quantitative estimate of drug-likeness (QED) is 0.725.